The quantitative estimate of drug-likeness (QED) is 0.808. The first kappa shape index (κ1) is 9.65. The van der Waals surface area contributed by atoms with Gasteiger partial charge < -0.3 is 5.32 Å². The molecule has 0 aliphatic heterocycles. The van der Waals surface area contributed by atoms with Crippen molar-refractivity contribution in [2.75, 3.05) is 5.32 Å². The third kappa shape index (κ3) is 2.13. The molecule has 76 valence electrons. The van der Waals surface area contributed by atoms with Crippen molar-refractivity contribution in [2.24, 2.45) is 0 Å². The van der Waals surface area contributed by atoms with Gasteiger partial charge in [0.2, 0.25) is 0 Å². The van der Waals surface area contributed by atoms with E-state index in [1.165, 1.54) is 0 Å². The lowest BCUT2D eigenvalue weighted by Crippen LogP contribution is -1.97. The van der Waals surface area contributed by atoms with Crippen LogP contribution in [-0.4, -0.2) is 9.97 Å². The van der Waals surface area contributed by atoms with Crippen molar-refractivity contribution in [1.82, 2.24) is 9.97 Å². The number of anilines is 2. The highest BCUT2D eigenvalue weighted by atomic mass is 14.9. The van der Waals surface area contributed by atoms with E-state index < -0.39 is 0 Å². The number of rotatable bonds is 2. The monoisotopic (exact) mass is 199 g/mol. The average molecular weight is 199 g/mol. The molecule has 2 aromatic rings. The van der Waals surface area contributed by atoms with E-state index in [0.717, 1.165) is 22.8 Å². The van der Waals surface area contributed by atoms with E-state index in [-0.39, 0.29) is 0 Å². The summed E-state index contributed by atoms with van der Waals surface area (Å²) in [6.07, 6.45) is 3.58. The largest absolute Gasteiger partial charge is 0.353 e. The summed E-state index contributed by atoms with van der Waals surface area (Å²) in [5, 5.41) is 3.32. The van der Waals surface area contributed by atoms with Crippen LogP contribution >= 0.6 is 0 Å². The molecular weight excluding hydrogens is 186 g/mol. The molecule has 0 fully saturated rings. The van der Waals surface area contributed by atoms with Gasteiger partial charge in [-0.2, -0.15) is 0 Å². The van der Waals surface area contributed by atoms with Crippen molar-refractivity contribution in [3.63, 3.8) is 0 Å². The van der Waals surface area contributed by atoms with Crippen LogP contribution in [0.15, 0.2) is 36.7 Å². The van der Waals surface area contributed by atoms with Crippen molar-refractivity contribution in [1.29, 1.82) is 0 Å². The number of nitrogens with one attached hydrogen (secondary N) is 1. The minimum atomic E-state index is 0.987. The molecule has 15 heavy (non-hydrogen) atoms. The summed E-state index contributed by atoms with van der Waals surface area (Å²) in [4.78, 5) is 8.44. The first-order chi connectivity index (χ1) is 7.27. The zero-order chi connectivity index (χ0) is 10.7. The number of nitrogens with zero attached hydrogens (tertiary/aromatic N) is 2. The van der Waals surface area contributed by atoms with E-state index >= 15 is 0 Å². The van der Waals surface area contributed by atoms with E-state index in [9.17, 15) is 0 Å². The van der Waals surface area contributed by atoms with Gasteiger partial charge in [-0.15, -0.1) is 0 Å². The van der Waals surface area contributed by atoms with Gasteiger partial charge in [-0.05, 0) is 38.1 Å². The zero-order valence-electron chi connectivity index (χ0n) is 8.86. The Morgan fingerprint density at radius 1 is 0.867 bits per heavy atom. The molecular formula is C12H13N3. The Morgan fingerprint density at radius 2 is 1.33 bits per heavy atom. The fraction of sp³-hybridized carbons (Fsp3) is 0.167. The number of pyridine rings is 2. The van der Waals surface area contributed by atoms with Crippen LogP contribution in [0.3, 0.4) is 0 Å². The molecule has 2 aromatic heterocycles. The average Bonchev–Trinajstić information content (AvgIpc) is 2.24. The maximum absolute atomic E-state index is 4.22. The van der Waals surface area contributed by atoms with Gasteiger partial charge in [0.15, 0.2) is 0 Å². The molecule has 3 nitrogen and oxygen atoms in total. The normalized spacial score (nSPS) is 10.0. The first-order valence-electron chi connectivity index (χ1n) is 4.87. The van der Waals surface area contributed by atoms with Crippen LogP contribution in [0.2, 0.25) is 0 Å². The van der Waals surface area contributed by atoms with Crippen molar-refractivity contribution in [2.45, 2.75) is 13.8 Å². The van der Waals surface area contributed by atoms with E-state index in [2.05, 4.69) is 15.3 Å². The Kier molecular flexibility index (Phi) is 2.63. The summed E-state index contributed by atoms with van der Waals surface area (Å²) in [5.41, 5.74) is 4.02. The second-order valence-corrected chi connectivity index (χ2v) is 3.40. The minimum absolute atomic E-state index is 0.987. The first-order valence-corrected chi connectivity index (χ1v) is 4.87. The molecule has 0 radical (unpaired) electrons. The third-order valence-corrected chi connectivity index (χ3v) is 2.28. The Bertz CT molecular complexity index is 422. The van der Waals surface area contributed by atoms with Gasteiger partial charge in [-0.25, -0.2) is 0 Å². The second-order valence-electron chi connectivity index (χ2n) is 3.40. The van der Waals surface area contributed by atoms with Gasteiger partial charge in [-0.1, -0.05) is 0 Å². The van der Waals surface area contributed by atoms with Gasteiger partial charge in [0.1, 0.15) is 0 Å². The molecule has 0 bridgehead atoms. The molecule has 1 N–H and O–H groups in total. The molecule has 0 amide bonds. The molecule has 2 heterocycles. The predicted molar refractivity (Wildman–Crippen MR) is 61.2 cm³/mol. The van der Waals surface area contributed by atoms with Crippen molar-refractivity contribution in [3.8, 4) is 0 Å². The maximum Gasteiger partial charge on any atom is 0.0607 e. The minimum Gasteiger partial charge on any atom is -0.353 e. The number of hydrogen-bond donors (Lipinski definition) is 1. The highest BCUT2D eigenvalue weighted by Gasteiger charge is 2.01. The van der Waals surface area contributed by atoms with Crippen molar-refractivity contribution < 1.29 is 0 Å². The molecule has 0 saturated heterocycles. The highest BCUT2D eigenvalue weighted by Crippen LogP contribution is 2.19. The predicted octanol–water partition coefficient (Wildman–Crippen LogP) is 2.84. The fourth-order valence-electron chi connectivity index (χ4n) is 1.38. The Hall–Kier alpha value is -1.90. The molecule has 0 atom stereocenters. The highest BCUT2D eigenvalue weighted by molar-refractivity contribution is 5.62. The summed E-state index contributed by atoms with van der Waals surface area (Å²) in [5.74, 6) is 0. The third-order valence-electron chi connectivity index (χ3n) is 2.28. The molecule has 0 saturated carbocycles. The van der Waals surface area contributed by atoms with E-state index in [1.807, 2.05) is 38.1 Å². The maximum atomic E-state index is 4.22. The second kappa shape index (κ2) is 4.09. The van der Waals surface area contributed by atoms with Gasteiger partial charge in [0.05, 0.1) is 22.8 Å². The molecule has 3 heteroatoms. The van der Waals surface area contributed by atoms with Crippen LogP contribution in [0.5, 0.6) is 0 Å². The summed E-state index contributed by atoms with van der Waals surface area (Å²) in [6, 6.07) is 7.85. The van der Waals surface area contributed by atoms with Gasteiger partial charge in [-0.3, -0.25) is 9.97 Å². The number of aryl methyl sites for hydroxylation is 2. The lowest BCUT2D eigenvalue weighted by atomic mass is 10.2. The van der Waals surface area contributed by atoms with Crippen LogP contribution in [-0.2, 0) is 0 Å². The zero-order valence-corrected chi connectivity index (χ0v) is 8.86. The molecule has 0 aromatic carbocycles. The Balaban J connectivity index is 2.30. The summed E-state index contributed by atoms with van der Waals surface area (Å²) in [6.45, 7) is 3.96. The van der Waals surface area contributed by atoms with Crippen LogP contribution in [0, 0.1) is 13.8 Å². The van der Waals surface area contributed by atoms with E-state index in [1.54, 1.807) is 12.4 Å². The molecule has 2 rings (SSSR count). The van der Waals surface area contributed by atoms with E-state index in [4.69, 9.17) is 0 Å². The Morgan fingerprint density at radius 3 is 1.73 bits per heavy atom. The standard InChI is InChI=1S/C12H13N3/c1-9-11(5-3-7-13-9)15-12-6-4-8-14-10(12)2/h3-8,15H,1-2H3. The molecule has 0 aliphatic rings. The van der Waals surface area contributed by atoms with Crippen LogP contribution in [0.1, 0.15) is 11.4 Å². The Labute approximate surface area is 89.2 Å². The van der Waals surface area contributed by atoms with Crippen LogP contribution in [0.25, 0.3) is 0 Å². The number of hydrogen-bond acceptors (Lipinski definition) is 3. The van der Waals surface area contributed by atoms with Crippen LogP contribution in [0.4, 0.5) is 11.4 Å². The van der Waals surface area contributed by atoms with Gasteiger partial charge in [0, 0.05) is 12.4 Å². The van der Waals surface area contributed by atoms with E-state index in [0.29, 0.717) is 0 Å². The number of aromatic nitrogens is 2. The SMILES string of the molecule is Cc1ncccc1Nc1cccnc1C. The van der Waals surface area contributed by atoms with Gasteiger partial charge in [0.25, 0.3) is 0 Å². The van der Waals surface area contributed by atoms with Crippen molar-refractivity contribution in [3.05, 3.63) is 48.0 Å². The summed E-state index contributed by atoms with van der Waals surface area (Å²) in [7, 11) is 0. The summed E-state index contributed by atoms with van der Waals surface area (Å²) >= 11 is 0. The van der Waals surface area contributed by atoms with Crippen molar-refractivity contribution >= 4 is 11.4 Å². The lowest BCUT2D eigenvalue weighted by molar-refractivity contribution is 1.17. The summed E-state index contributed by atoms with van der Waals surface area (Å²) < 4.78 is 0. The lowest BCUT2D eigenvalue weighted by Gasteiger charge is -2.09. The topological polar surface area (TPSA) is 37.8 Å². The molecule has 0 spiro atoms. The smallest absolute Gasteiger partial charge is 0.0607 e. The van der Waals surface area contributed by atoms with Crippen LogP contribution < -0.4 is 5.32 Å². The molecule has 0 unspecified atom stereocenters. The fourth-order valence-corrected chi connectivity index (χ4v) is 1.38. The van der Waals surface area contributed by atoms with Gasteiger partial charge >= 0.3 is 0 Å². The molecule has 0 aliphatic carbocycles.